The summed E-state index contributed by atoms with van der Waals surface area (Å²) in [5.74, 6) is 0.797. The highest BCUT2D eigenvalue weighted by atomic mass is 79.9. The summed E-state index contributed by atoms with van der Waals surface area (Å²) in [7, 11) is 0. The van der Waals surface area contributed by atoms with Gasteiger partial charge in [-0.3, -0.25) is 0 Å². The van der Waals surface area contributed by atoms with Crippen LogP contribution >= 0.6 is 39.1 Å². The first-order chi connectivity index (χ1) is 7.61. The Morgan fingerprint density at radius 2 is 2.00 bits per heavy atom. The Kier molecular flexibility index (Phi) is 3.67. The molecule has 1 aromatic heterocycles. The summed E-state index contributed by atoms with van der Waals surface area (Å²) in [5.41, 5.74) is 0.747. The van der Waals surface area contributed by atoms with Crippen molar-refractivity contribution in [3.05, 3.63) is 32.6 Å². The maximum absolute atomic E-state index is 6.11. The van der Waals surface area contributed by atoms with Gasteiger partial charge in [0, 0.05) is 16.8 Å². The average Bonchev–Trinajstić information content (AvgIpc) is 2.20. The van der Waals surface area contributed by atoms with Gasteiger partial charge in [-0.15, -0.1) is 0 Å². The van der Waals surface area contributed by atoms with Gasteiger partial charge in [0.15, 0.2) is 0 Å². The molecule has 0 fully saturated rings. The van der Waals surface area contributed by atoms with Gasteiger partial charge in [0.2, 0.25) is 0 Å². The molecule has 0 aliphatic carbocycles. The Hall–Kier alpha value is -0.380. The molecule has 5 heteroatoms. The SMILES string of the molecule is CCCc1nc(Br)c2cc(Cl)cc(Cl)c2n1. The number of aromatic nitrogens is 2. The van der Waals surface area contributed by atoms with E-state index in [0.29, 0.717) is 10.0 Å². The predicted molar refractivity (Wildman–Crippen MR) is 71.3 cm³/mol. The van der Waals surface area contributed by atoms with Crippen molar-refractivity contribution >= 4 is 50.0 Å². The highest BCUT2D eigenvalue weighted by Crippen LogP contribution is 2.30. The Labute approximate surface area is 112 Å². The highest BCUT2D eigenvalue weighted by Gasteiger charge is 2.09. The molecule has 0 aliphatic rings. The highest BCUT2D eigenvalue weighted by molar-refractivity contribution is 9.10. The van der Waals surface area contributed by atoms with E-state index >= 15 is 0 Å². The Morgan fingerprint density at radius 3 is 2.69 bits per heavy atom. The molecule has 16 heavy (non-hydrogen) atoms. The Morgan fingerprint density at radius 1 is 1.25 bits per heavy atom. The van der Waals surface area contributed by atoms with E-state index in [1.54, 1.807) is 6.07 Å². The van der Waals surface area contributed by atoms with Crippen LogP contribution in [0.15, 0.2) is 16.7 Å². The lowest BCUT2D eigenvalue weighted by Crippen LogP contribution is -1.96. The van der Waals surface area contributed by atoms with Crippen molar-refractivity contribution in [3.63, 3.8) is 0 Å². The zero-order valence-electron chi connectivity index (χ0n) is 8.60. The van der Waals surface area contributed by atoms with Crippen LogP contribution in [0.4, 0.5) is 0 Å². The first-order valence-corrected chi connectivity index (χ1v) is 6.48. The van der Waals surface area contributed by atoms with Crippen molar-refractivity contribution in [3.8, 4) is 0 Å². The molecule has 0 saturated carbocycles. The lowest BCUT2D eigenvalue weighted by Gasteiger charge is -2.05. The molecule has 0 unspecified atom stereocenters. The zero-order valence-corrected chi connectivity index (χ0v) is 11.7. The smallest absolute Gasteiger partial charge is 0.130 e. The fourth-order valence-corrected chi connectivity index (χ4v) is 2.54. The van der Waals surface area contributed by atoms with Gasteiger partial charge in [-0.1, -0.05) is 30.1 Å². The van der Waals surface area contributed by atoms with Crippen molar-refractivity contribution in [1.29, 1.82) is 0 Å². The van der Waals surface area contributed by atoms with E-state index in [4.69, 9.17) is 23.2 Å². The monoisotopic (exact) mass is 318 g/mol. The van der Waals surface area contributed by atoms with E-state index in [1.165, 1.54) is 0 Å². The number of halogens is 3. The summed E-state index contributed by atoms with van der Waals surface area (Å²) in [6, 6.07) is 3.50. The molecule has 2 aromatic rings. The molecule has 1 heterocycles. The molecule has 0 saturated heterocycles. The topological polar surface area (TPSA) is 25.8 Å². The molecule has 0 atom stereocenters. The van der Waals surface area contributed by atoms with Gasteiger partial charge in [-0.25, -0.2) is 9.97 Å². The van der Waals surface area contributed by atoms with Crippen LogP contribution in [0, 0.1) is 0 Å². The molecule has 2 rings (SSSR count). The van der Waals surface area contributed by atoms with Gasteiger partial charge >= 0.3 is 0 Å². The third-order valence-electron chi connectivity index (χ3n) is 2.19. The molecule has 0 amide bonds. The van der Waals surface area contributed by atoms with Crippen molar-refractivity contribution in [1.82, 2.24) is 9.97 Å². The van der Waals surface area contributed by atoms with Crippen LogP contribution in [0.25, 0.3) is 10.9 Å². The van der Waals surface area contributed by atoms with Gasteiger partial charge in [-0.2, -0.15) is 0 Å². The summed E-state index contributed by atoms with van der Waals surface area (Å²) in [5, 5.41) is 1.99. The molecule has 0 radical (unpaired) electrons. The van der Waals surface area contributed by atoms with Crippen LogP contribution < -0.4 is 0 Å². The van der Waals surface area contributed by atoms with Gasteiger partial charge in [0.25, 0.3) is 0 Å². The molecule has 84 valence electrons. The van der Waals surface area contributed by atoms with Gasteiger partial charge in [0.05, 0.1) is 10.5 Å². The van der Waals surface area contributed by atoms with Gasteiger partial charge < -0.3 is 0 Å². The summed E-state index contributed by atoms with van der Waals surface area (Å²) in [6.07, 6.45) is 1.84. The lowest BCUT2D eigenvalue weighted by molar-refractivity contribution is 0.840. The van der Waals surface area contributed by atoms with Crippen LogP contribution in [0.2, 0.25) is 10.0 Å². The first-order valence-electron chi connectivity index (χ1n) is 4.93. The normalized spacial score (nSPS) is 11.0. The molecule has 0 N–H and O–H groups in total. The minimum absolute atomic E-state index is 0.558. The second-order valence-electron chi connectivity index (χ2n) is 3.46. The van der Waals surface area contributed by atoms with Crippen molar-refractivity contribution < 1.29 is 0 Å². The van der Waals surface area contributed by atoms with Crippen molar-refractivity contribution in [2.24, 2.45) is 0 Å². The number of nitrogens with zero attached hydrogens (tertiary/aromatic N) is 2. The number of aryl methyl sites for hydroxylation is 1. The maximum atomic E-state index is 6.11. The number of benzene rings is 1. The summed E-state index contributed by atoms with van der Waals surface area (Å²) < 4.78 is 0.741. The predicted octanol–water partition coefficient (Wildman–Crippen LogP) is 4.65. The standard InChI is InChI=1S/C11H9BrCl2N2/c1-2-3-9-15-10-7(11(12)16-9)4-6(13)5-8(10)14/h4-5H,2-3H2,1H3. The van der Waals surface area contributed by atoms with Crippen LogP contribution in [0.3, 0.4) is 0 Å². The third kappa shape index (κ3) is 2.31. The van der Waals surface area contributed by atoms with Crippen LogP contribution in [-0.4, -0.2) is 9.97 Å². The maximum Gasteiger partial charge on any atom is 0.130 e. The second-order valence-corrected chi connectivity index (χ2v) is 5.06. The molecule has 1 aromatic carbocycles. The molecule has 0 spiro atoms. The van der Waals surface area contributed by atoms with E-state index in [-0.39, 0.29) is 0 Å². The van der Waals surface area contributed by atoms with E-state index < -0.39 is 0 Å². The largest absolute Gasteiger partial charge is 0.231 e. The molecule has 0 aliphatic heterocycles. The Bertz CT molecular complexity index is 543. The van der Waals surface area contributed by atoms with E-state index in [0.717, 1.165) is 34.2 Å². The number of hydrogen-bond donors (Lipinski definition) is 0. The summed E-state index contributed by atoms with van der Waals surface area (Å²) >= 11 is 15.5. The lowest BCUT2D eigenvalue weighted by atomic mass is 10.2. The van der Waals surface area contributed by atoms with Crippen molar-refractivity contribution in [2.45, 2.75) is 19.8 Å². The summed E-state index contributed by atoms with van der Waals surface area (Å²) in [4.78, 5) is 8.80. The second kappa shape index (κ2) is 4.86. The fourth-order valence-electron chi connectivity index (χ4n) is 1.50. The molecular formula is C11H9BrCl2N2. The number of fused-ring (bicyclic) bond motifs is 1. The molecule has 0 bridgehead atoms. The van der Waals surface area contributed by atoms with E-state index in [2.05, 4.69) is 32.8 Å². The van der Waals surface area contributed by atoms with Gasteiger partial charge in [0.1, 0.15) is 10.4 Å². The minimum Gasteiger partial charge on any atom is -0.231 e. The van der Waals surface area contributed by atoms with E-state index in [9.17, 15) is 0 Å². The molecule has 2 nitrogen and oxygen atoms in total. The van der Waals surface area contributed by atoms with Crippen LogP contribution in [-0.2, 0) is 6.42 Å². The minimum atomic E-state index is 0.558. The number of rotatable bonds is 2. The van der Waals surface area contributed by atoms with Crippen molar-refractivity contribution in [2.75, 3.05) is 0 Å². The quantitative estimate of drug-likeness (QED) is 0.753. The molecular weight excluding hydrogens is 311 g/mol. The fraction of sp³-hybridized carbons (Fsp3) is 0.273. The van der Waals surface area contributed by atoms with Crippen LogP contribution in [0.1, 0.15) is 19.2 Å². The van der Waals surface area contributed by atoms with E-state index in [1.807, 2.05) is 6.07 Å². The zero-order chi connectivity index (χ0) is 11.7. The Balaban J connectivity index is 2.71. The number of hydrogen-bond acceptors (Lipinski definition) is 2. The average molecular weight is 320 g/mol. The van der Waals surface area contributed by atoms with Gasteiger partial charge in [-0.05, 0) is 34.5 Å². The summed E-state index contributed by atoms with van der Waals surface area (Å²) in [6.45, 7) is 2.09. The van der Waals surface area contributed by atoms with Crippen LogP contribution in [0.5, 0.6) is 0 Å². The first kappa shape index (κ1) is 12.1. The third-order valence-corrected chi connectivity index (χ3v) is 3.30.